The van der Waals surface area contributed by atoms with Gasteiger partial charge in [0.05, 0.1) is 17.2 Å². The number of carbonyl (C=O) groups is 2. The first kappa shape index (κ1) is 18.7. The number of benzene rings is 1. The number of aromatic nitrogens is 2. The van der Waals surface area contributed by atoms with E-state index in [0.717, 1.165) is 12.1 Å². The van der Waals surface area contributed by atoms with Gasteiger partial charge in [0.25, 0.3) is 0 Å². The zero-order valence-electron chi connectivity index (χ0n) is 14.5. The Morgan fingerprint density at radius 2 is 2.00 bits per heavy atom. The third-order valence-electron chi connectivity index (χ3n) is 4.36. The van der Waals surface area contributed by atoms with Crippen molar-refractivity contribution in [2.24, 2.45) is 13.0 Å². The maximum absolute atomic E-state index is 12.9. The summed E-state index contributed by atoms with van der Waals surface area (Å²) in [7, 11) is 1.58. The average molecular weight is 378 g/mol. The van der Waals surface area contributed by atoms with Crippen LogP contribution < -0.4 is 5.32 Å². The molecule has 6 nitrogen and oxygen atoms in total. The number of rotatable bonds is 4. The van der Waals surface area contributed by atoms with Crippen molar-refractivity contribution in [3.05, 3.63) is 48.6 Å². The summed E-state index contributed by atoms with van der Waals surface area (Å²) in [6, 6.07) is 6.35. The number of likely N-dealkylation sites (tertiary alicyclic amines) is 1. The molecule has 0 atom stereocenters. The van der Waals surface area contributed by atoms with Crippen LogP contribution in [0.5, 0.6) is 0 Å². The first-order chi connectivity index (χ1) is 12.7. The lowest BCUT2D eigenvalue weighted by atomic mass is 9.99. The van der Waals surface area contributed by atoms with E-state index in [2.05, 4.69) is 17.0 Å². The molecule has 0 saturated carbocycles. The molecule has 0 radical (unpaired) electrons. The van der Waals surface area contributed by atoms with Gasteiger partial charge in [0.2, 0.25) is 11.8 Å². The van der Waals surface area contributed by atoms with E-state index in [-0.39, 0.29) is 17.7 Å². The molecule has 3 rings (SSSR count). The van der Waals surface area contributed by atoms with Crippen LogP contribution in [0.2, 0.25) is 0 Å². The van der Waals surface area contributed by atoms with Gasteiger partial charge in [-0.2, -0.15) is 18.3 Å². The largest absolute Gasteiger partial charge is 0.416 e. The third-order valence-corrected chi connectivity index (χ3v) is 4.36. The van der Waals surface area contributed by atoms with Gasteiger partial charge in [0.1, 0.15) is 5.82 Å². The normalized spacial score (nSPS) is 14.6. The molecule has 0 bridgehead atoms. The van der Waals surface area contributed by atoms with Crippen LogP contribution in [0.25, 0.3) is 11.3 Å². The number of nitrogens with zero attached hydrogens (tertiary/aromatic N) is 3. The summed E-state index contributed by atoms with van der Waals surface area (Å²) in [6.07, 6.45) is -3.25. The van der Waals surface area contributed by atoms with Gasteiger partial charge in [-0.15, -0.1) is 0 Å². The molecule has 0 aliphatic carbocycles. The first-order valence-corrected chi connectivity index (χ1v) is 8.13. The molecule has 1 aliphatic heterocycles. The fourth-order valence-electron chi connectivity index (χ4n) is 2.76. The molecule has 1 aromatic carbocycles. The van der Waals surface area contributed by atoms with Crippen LogP contribution in [0.3, 0.4) is 0 Å². The minimum Gasteiger partial charge on any atom is -0.337 e. The van der Waals surface area contributed by atoms with Gasteiger partial charge in [-0.3, -0.25) is 14.3 Å². The number of amides is 2. The summed E-state index contributed by atoms with van der Waals surface area (Å²) in [6.45, 7) is 3.99. The van der Waals surface area contributed by atoms with E-state index in [9.17, 15) is 22.8 Å². The molecule has 1 aromatic heterocycles. The van der Waals surface area contributed by atoms with Crippen LogP contribution in [0, 0.1) is 5.92 Å². The second kappa shape index (κ2) is 6.90. The van der Waals surface area contributed by atoms with Crippen LogP contribution in [-0.4, -0.2) is 39.6 Å². The third kappa shape index (κ3) is 3.86. The topological polar surface area (TPSA) is 67.2 Å². The smallest absolute Gasteiger partial charge is 0.337 e. The van der Waals surface area contributed by atoms with Crippen molar-refractivity contribution < 1.29 is 22.8 Å². The number of nitrogens with one attached hydrogen (secondary N) is 1. The van der Waals surface area contributed by atoms with Crippen LogP contribution in [0.1, 0.15) is 5.56 Å². The molecule has 0 spiro atoms. The molecule has 2 amide bonds. The quantitative estimate of drug-likeness (QED) is 0.832. The number of anilines is 1. The van der Waals surface area contributed by atoms with Crippen molar-refractivity contribution in [3.63, 3.8) is 0 Å². The Labute approximate surface area is 153 Å². The first-order valence-electron chi connectivity index (χ1n) is 8.13. The predicted molar refractivity (Wildman–Crippen MR) is 92.5 cm³/mol. The second-order valence-electron chi connectivity index (χ2n) is 6.25. The highest BCUT2D eigenvalue weighted by Gasteiger charge is 2.35. The molecule has 9 heteroatoms. The summed E-state index contributed by atoms with van der Waals surface area (Å²) in [5.41, 5.74) is -0.152. The van der Waals surface area contributed by atoms with Crippen LogP contribution in [0.4, 0.5) is 19.0 Å². The van der Waals surface area contributed by atoms with E-state index < -0.39 is 11.7 Å². The molecule has 2 aromatic rings. The maximum atomic E-state index is 12.9. The van der Waals surface area contributed by atoms with Crippen molar-refractivity contribution in [1.82, 2.24) is 14.7 Å². The Balaban J connectivity index is 1.71. The summed E-state index contributed by atoms with van der Waals surface area (Å²) in [4.78, 5) is 25.2. The van der Waals surface area contributed by atoms with E-state index in [0.29, 0.717) is 30.2 Å². The lowest BCUT2D eigenvalue weighted by Crippen LogP contribution is -2.54. The average Bonchev–Trinajstić information content (AvgIpc) is 2.93. The Bertz CT molecular complexity index is 898. The summed E-state index contributed by atoms with van der Waals surface area (Å²) < 4.78 is 40.0. The Morgan fingerprint density at radius 1 is 1.30 bits per heavy atom. The van der Waals surface area contributed by atoms with Gasteiger partial charge in [-0.25, -0.2) is 0 Å². The fraction of sp³-hybridized carbons (Fsp3) is 0.278. The molecule has 1 fully saturated rings. The lowest BCUT2D eigenvalue weighted by Gasteiger charge is -2.37. The summed E-state index contributed by atoms with van der Waals surface area (Å²) in [5.74, 6) is -0.491. The van der Waals surface area contributed by atoms with Gasteiger partial charge >= 0.3 is 6.18 Å². The Morgan fingerprint density at radius 3 is 2.63 bits per heavy atom. The highest BCUT2D eigenvalue weighted by Crippen LogP contribution is 2.32. The minimum atomic E-state index is -4.44. The number of aryl methyl sites for hydroxylation is 1. The Hall–Kier alpha value is -3.10. The van der Waals surface area contributed by atoms with Gasteiger partial charge in [-0.1, -0.05) is 18.7 Å². The van der Waals surface area contributed by atoms with Crippen molar-refractivity contribution >= 4 is 17.6 Å². The maximum Gasteiger partial charge on any atom is 0.416 e. The number of hydrogen-bond acceptors (Lipinski definition) is 3. The van der Waals surface area contributed by atoms with Crippen molar-refractivity contribution in [1.29, 1.82) is 0 Å². The number of hydrogen-bond donors (Lipinski definition) is 1. The standard InChI is InChI=1S/C18H17F3N4O2/c1-3-16(26)25-9-12(10-25)17(27)22-15-8-14(23-24(15)2)11-5-4-6-13(7-11)18(19,20)21/h3-8,12H,1,9-10H2,2H3,(H,22,27). The van der Waals surface area contributed by atoms with Gasteiger partial charge in [0.15, 0.2) is 0 Å². The van der Waals surface area contributed by atoms with E-state index >= 15 is 0 Å². The fourth-order valence-corrected chi connectivity index (χ4v) is 2.76. The molecule has 1 saturated heterocycles. The van der Waals surface area contributed by atoms with Crippen LogP contribution in [0.15, 0.2) is 43.0 Å². The molecule has 2 heterocycles. The highest BCUT2D eigenvalue weighted by atomic mass is 19.4. The van der Waals surface area contributed by atoms with E-state index in [1.807, 2.05) is 0 Å². The van der Waals surface area contributed by atoms with Crippen molar-refractivity contribution in [2.75, 3.05) is 18.4 Å². The van der Waals surface area contributed by atoms with Gasteiger partial charge < -0.3 is 10.2 Å². The van der Waals surface area contributed by atoms with Crippen molar-refractivity contribution in [3.8, 4) is 11.3 Å². The van der Waals surface area contributed by atoms with Gasteiger partial charge in [-0.05, 0) is 18.2 Å². The molecule has 1 N–H and O–H groups in total. The number of carbonyl (C=O) groups excluding carboxylic acids is 2. The van der Waals surface area contributed by atoms with E-state index in [1.54, 1.807) is 7.05 Å². The molecular formula is C18H17F3N4O2. The lowest BCUT2D eigenvalue weighted by molar-refractivity contribution is -0.138. The summed E-state index contributed by atoms with van der Waals surface area (Å²) in [5, 5.41) is 6.87. The Kier molecular flexibility index (Phi) is 4.77. The van der Waals surface area contributed by atoms with Gasteiger partial charge in [0, 0.05) is 31.8 Å². The van der Waals surface area contributed by atoms with Crippen LogP contribution >= 0.6 is 0 Å². The number of alkyl halides is 3. The molecule has 142 valence electrons. The van der Waals surface area contributed by atoms with E-state index in [4.69, 9.17) is 0 Å². The number of halogens is 3. The van der Waals surface area contributed by atoms with Crippen molar-refractivity contribution in [2.45, 2.75) is 6.18 Å². The zero-order chi connectivity index (χ0) is 19.8. The minimum absolute atomic E-state index is 0.230. The monoisotopic (exact) mass is 378 g/mol. The van der Waals surface area contributed by atoms with E-state index in [1.165, 1.54) is 33.9 Å². The SMILES string of the molecule is C=CC(=O)N1CC(C(=O)Nc2cc(-c3cccc(C(F)(F)F)c3)nn2C)C1. The molecular weight excluding hydrogens is 361 g/mol. The zero-order valence-corrected chi connectivity index (χ0v) is 14.5. The highest BCUT2D eigenvalue weighted by molar-refractivity contribution is 5.95. The van der Waals surface area contributed by atoms with Crippen LogP contribution in [-0.2, 0) is 22.8 Å². The second-order valence-corrected chi connectivity index (χ2v) is 6.25. The molecule has 1 aliphatic rings. The summed E-state index contributed by atoms with van der Waals surface area (Å²) >= 11 is 0. The predicted octanol–water partition coefficient (Wildman–Crippen LogP) is 2.69. The molecule has 27 heavy (non-hydrogen) atoms. The molecule has 0 unspecified atom stereocenters.